The highest BCUT2D eigenvalue weighted by Crippen LogP contribution is 2.36. The second-order valence-electron chi connectivity index (χ2n) is 9.75. The summed E-state index contributed by atoms with van der Waals surface area (Å²) in [7, 11) is 0. The van der Waals surface area contributed by atoms with Gasteiger partial charge in [-0.1, -0.05) is 11.6 Å². The van der Waals surface area contributed by atoms with Crippen LogP contribution in [0.1, 0.15) is 30.4 Å². The molecular formula is C27H24ClF6N3O7. The number of rotatable bonds is 9. The van der Waals surface area contributed by atoms with E-state index in [2.05, 4.69) is 5.32 Å². The Bertz CT molecular complexity index is 1450. The Balaban J connectivity index is 1.59. The minimum absolute atomic E-state index is 0.0664. The van der Waals surface area contributed by atoms with Crippen molar-refractivity contribution in [2.45, 2.75) is 38.4 Å². The monoisotopic (exact) mass is 651 g/mol. The fourth-order valence-corrected chi connectivity index (χ4v) is 4.48. The minimum Gasteiger partial charge on any atom is -0.481 e. The van der Waals surface area contributed by atoms with E-state index in [9.17, 15) is 50.3 Å². The van der Waals surface area contributed by atoms with Crippen LogP contribution in [0.3, 0.4) is 0 Å². The summed E-state index contributed by atoms with van der Waals surface area (Å²) in [6.45, 7) is -0.361. The normalized spacial score (nSPS) is 14.5. The lowest BCUT2D eigenvalue weighted by Gasteiger charge is -2.31. The first-order valence-electron chi connectivity index (χ1n) is 12.8. The number of ether oxygens (including phenoxy) is 1. The van der Waals surface area contributed by atoms with Gasteiger partial charge >= 0.3 is 24.0 Å². The maximum Gasteiger partial charge on any atom is 0.418 e. The SMILES string of the molecule is Cc1cc(F)c(F)c(OCC(=O)[C@H](CC(=O)O)NC(=O)C2CCN(C(=O)C(=O)Nc3ccc(Cl)cc3C(F)(F)F)CC2)c1F. The van der Waals surface area contributed by atoms with E-state index in [-0.39, 0.29) is 36.5 Å². The molecule has 0 bridgehead atoms. The summed E-state index contributed by atoms with van der Waals surface area (Å²) in [4.78, 5) is 62.7. The van der Waals surface area contributed by atoms with Gasteiger partial charge in [0.05, 0.1) is 17.7 Å². The van der Waals surface area contributed by atoms with Gasteiger partial charge in [0.1, 0.15) is 12.6 Å². The molecule has 3 rings (SSSR count). The summed E-state index contributed by atoms with van der Waals surface area (Å²) in [6.07, 6.45) is -5.94. The average molecular weight is 652 g/mol. The van der Waals surface area contributed by atoms with Crippen molar-refractivity contribution in [2.24, 2.45) is 5.92 Å². The smallest absolute Gasteiger partial charge is 0.418 e. The molecule has 1 aliphatic heterocycles. The Morgan fingerprint density at radius 2 is 1.70 bits per heavy atom. The number of anilines is 1. The Kier molecular flexibility index (Phi) is 10.8. The fraction of sp³-hybridized carbons (Fsp3) is 0.370. The van der Waals surface area contributed by atoms with Gasteiger partial charge < -0.3 is 25.4 Å². The van der Waals surface area contributed by atoms with Gasteiger partial charge in [-0.3, -0.25) is 24.0 Å². The van der Waals surface area contributed by atoms with Crippen LogP contribution in [-0.4, -0.2) is 65.2 Å². The van der Waals surface area contributed by atoms with Crippen LogP contribution in [0.5, 0.6) is 5.75 Å². The van der Waals surface area contributed by atoms with Crippen molar-refractivity contribution >= 4 is 46.8 Å². The van der Waals surface area contributed by atoms with Crippen LogP contribution >= 0.6 is 11.6 Å². The highest BCUT2D eigenvalue weighted by atomic mass is 35.5. The Hall–Kier alpha value is -4.34. The standard InChI is InChI=1S/C27H24ClF6N3O7/c1-12-8-16(29)22(31)23(21(12)30)44-11-19(38)18(10-20(39)40)36-24(41)13-4-6-37(7-5-13)26(43)25(42)35-17-3-2-14(28)9-15(17)27(32,33)34/h2-3,8-9,13,18H,4-7,10-11H2,1H3,(H,35,42)(H,36,41)(H,39,40)/t18-/m0/s1. The molecule has 238 valence electrons. The first-order chi connectivity index (χ1) is 20.5. The number of alkyl halides is 3. The number of halogens is 7. The number of Topliss-reactive ketones (excluding diaryl/α,β-unsaturated/α-hetero) is 1. The number of carboxylic acids is 1. The van der Waals surface area contributed by atoms with E-state index in [1.165, 1.54) is 0 Å². The van der Waals surface area contributed by atoms with E-state index in [0.717, 1.165) is 24.0 Å². The molecule has 0 aliphatic carbocycles. The number of aliphatic carboxylic acids is 1. The molecule has 0 unspecified atom stereocenters. The van der Waals surface area contributed by atoms with E-state index in [1.807, 2.05) is 5.32 Å². The Labute approximate surface area is 250 Å². The molecule has 1 heterocycles. The maximum atomic E-state index is 14.2. The van der Waals surface area contributed by atoms with Crippen LogP contribution in [0.15, 0.2) is 24.3 Å². The average Bonchev–Trinajstić information content (AvgIpc) is 2.95. The number of ketones is 1. The largest absolute Gasteiger partial charge is 0.481 e. The molecule has 0 radical (unpaired) electrons. The number of hydrogen-bond donors (Lipinski definition) is 3. The van der Waals surface area contributed by atoms with Crippen LogP contribution in [0.4, 0.5) is 32.0 Å². The number of aryl methyl sites for hydroxylation is 1. The number of carbonyl (C=O) groups is 5. The van der Waals surface area contributed by atoms with E-state index in [1.54, 1.807) is 0 Å². The molecule has 2 aromatic rings. The molecule has 1 aliphatic rings. The molecule has 2 aromatic carbocycles. The van der Waals surface area contributed by atoms with Crippen molar-refractivity contribution in [3.63, 3.8) is 0 Å². The van der Waals surface area contributed by atoms with Gasteiger partial charge in [-0.15, -0.1) is 0 Å². The summed E-state index contributed by atoms with van der Waals surface area (Å²) in [5.41, 5.74) is -2.27. The third-order valence-corrected chi connectivity index (χ3v) is 6.86. The second kappa shape index (κ2) is 14.0. The van der Waals surface area contributed by atoms with Crippen molar-refractivity contribution in [1.82, 2.24) is 10.2 Å². The molecule has 10 nitrogen and oxygen atoms in total. The topological polar surface area (TPSA) is 142 Å². The zero-order valence-corrected chi connectivity index (χ0v) is 23.5. The van der Waals surface area contributed by atoms with Crippen molar-refractivity contribution in [3.05, 3.63) is 57.9 Å². The zero-order chi connectivity index (χ0) is 32.9. The fourth-order valence-electron chi connectivity index (χ4n) is 4.31. The van der Waals surface area contributed by atoms with Gasteiger partial charge in [-0.05, 0) is 49.6 Å². The first-order valence-corrected chi connectivity index (χ1v) is 13.2. The van der Waals surface area contributed by atoms with Crippen LogP contribution in [0.25, 0.3) is 0 Å². The van der Waals surface area contributed by atoms with E-state index in [0.29, 0.717) is 12.1 Å². The van der Waals surface area contributed by atoms with Crippen molar-refractivity contribution in [1.29, 1.82) is 0 Å². The molecular weight excluding hydrogens is 628 g/mol. The number of nitrogens with one attached hydrogen (secondary N) is 2. The molecule has 17 heteroatoms. The Morgan fingerprint density at radius 1 is 1.07 bits per heavy atom. The van der Waals surface area contributed by atoms with Gasteiger partial charge in [-0.2, -0.15) is 17.6 Å². The van der Waals surface area contributed by atoms with Crippen LogP contribution in [0.2, 0.25) is 5.02 Å². The number of benzene rings is 2. The summed E-state index contributed by atoms with van der Waals surface area (Å²) < 4.78 is 86.4. The molecule has 3 N–H and O–H groups in total. The van der Waals surface area contributed by atoms with Crippen LogP contribution < -0.4 is 15.4 Å². The number of nitrogens with zero attached hydrogens (tertiary/aromatic N) is 1. The molecule has 1 atom stereocenters. The number of hydrogen-bond acceptors (Lipinski definition) is 6. The van der Waals surface area contributed by atoms with E-state index in [4.69, 9.17) is 21.4 Å². The van der Waals surface area contributed by atoms with E-state index < -0.39 is 95.1 Å². The molecule has 1 saturated heterocycles. The zero-order valence-electron chi connectivity index (χ0n) is 22.7. The third kappa shape index (κ3) is 8.39. The van der Waals surface area contributed by atoms with Crippen molar-refractivity contribution in [3.8, 4) is 5.75 Å². The van der Waals surface area contributed by atoms with Gasteiger partial charge in [0.15, 0.2) is 23.2 Å². The Morgan fingerprint density at radius 3 is 2.30 bits per heavy atom. The molecule has 0 saturated carbocycles. The lowest BCUT2D eigenvalue weighted by molar-refractivity contribution is -0.145. The number of carbonyl (C=O) groups excluding carboxylic acids is 4. The number of amides is 3. The highest BCUT2D eigenvalue weighted by molar-refractivity contribution is 6.39. The lowest BCUT2D eigenvalue weighted by Crippen LogP contribution is -2.50. The molecule has 44 heavy (non-hydrogen) atoms. The number of carboxylic acid groups (broad SMARTS) is 1. The summed E-state index contributed by atoms with van der Waals surface area (Å²) in [5.74, 6) is -12.4. The molecule has 0 spiro atoms. The van der Waals surface area contributed by atoms with Gasteiger partial charge in [0.25, 0.3) is 0 Å². The van der Waals surface area contributed by atoms with Gasteiger partial charge in [0, 0.05) is 24.0 Å². The predicted octanol–water partition coefficient (Wildman–Crippen LogP) is 3.87. The van der Waals surface area contributed by atoms with Crippen LogP contribution in [0, 0.1) is 30.3 Å². The predicted molar refractivity (Wildman–Crippen MR) is 140 cm³/mol. The first kappa shape index (κ1) is 34.2. The molecule has 1 fully saturated rings. The minimum atomic E-state index is -4.88. The molecule has 0 aromatic heterocycles. The summed E-state index contributed by atoms with van der Waals surface area (Å²) in [6, 6.07) is 1.43. The summed E-state index contributed by atoms with van der Waals surface area (Å²) >= 11 is 5.60. The van der Waals surface area contributed by atoms with Crippen molar-refractivity contribution < 1.29 is 60.2 Å². The third-order valence-electron chi connectivity index (χ3n) is 6.62. The van der Waals surface area contributed by atoms with Gasteiger partial charge in [-0.25, -0.2) is 8.78 Å². The summed E-state index contributed by atoms with van der Waals surface area (Å²) in [5, 5.41) is 13.0. The number of likely N-dealkylation sites (tertiary alicyclic amines) is 1. The maximum absolute atomic E-state index is 14.2. The second-order valence-corrected chi connectivity index (χ2v) is 10.2. The van der Waals surface area contributed by atoms with Gasteiger partial charge in [0.2, 0.25) is 11.7 Å². The quantitative estimate of drug-likeness (QED) is 0.212. The number of piperidine rings is 1. The lowest BCUT2D eigenvalue weighted by atomic mass is 9.95. The highest BCUT2D eigenvalue weighted by Gasteiger charge is 2.36. The van der Waals surface area contributed by atoms with E-state index >= 15 is 0 Å². The molecule has 3 amide bonds. The van der Waals surface area contributed by atoms with Crippen molar-refractivity contribution in [2.75, 3.05) is 25.0 Å². The van der Waals surface area contributed by atoms with Crippen LogP contribution in [-0.2, 0) is 30.1 Å².